The maximum Gasteiger partial charge on any atom is 0.152 e. The van der Waals surface area contributed by atoms with E-state index in [0.29, 0.717) is 0 Å². The molecule has 0 fully saturated rings. The molecule has 0 aliphatic carbocycles. The van der Waals surface area contributed by atoms with Gasteiger partial charge < -0.3 is 10.8 Å². The summed E-state index contributed by atoms with van der Waals surface area (Å²) in [5.74, 6) is -0.106. The van der Waals surface area contributed by atoms with E-state index in [1.54, 1.807) is 23.5 Å². The first-order valence-electron chi connectivity index (χ1n) is 4.56. The Balaban J connectivity index is 2.42. The van der Waals surface area contributed by atoms with Gasteiger partial charge in [-0.1, -0.05) is 29.3 Å². The van der Waals surface area contributed by atoms with E-state index in [2.05, 4.69) is 0 Å². The van der Waals surface area contributed by atoms with Crippen LogP contribution < -0.4 is 5.73 Å². The van der Waals surface area contributed by atoms with Crippen LogP contribution >= 0.6 is 34.5 Å². The summed E-state index contributed by atoms with van der Waals surface area (Å²) in [6.45, 7) is 0. The Morgan fingerprint density at radius 3 is 2.38 bits per heavy atom. The highest BCUT2D eigenvalue weighted by atomic mass is 35.5. The molecule has 0 saturated carbocycles. The monoisotopic (exact) mass is 273 g/mol. The maximum atomic E-state index is 9.44. The molecule has 1 atom stereocenters. The van der Waals surface area contributed by atoms with Gasteiger partial charge in [0.1, 0.15) is 0 Å². The van der Waals surface area contributed by atoms with Crippen molar-refractivity contribution in [3.05, 3.63) is 50.1 Å². The first kappa shape index (κ1) is 11.7. The Morgan fingerprint density at radius 1 is 1.25 bits per heavy atom. The minimum absolute atomic E-state index is 0.106. The summed E-state index contributed by atoms with van der Waals surface area (Å²) in [4.78, 5) is 1.03. The molecule has 0 aliphatic heterocycles. The van der Waals surface area contributed by atoms with Crippen LogP contribution in [-0.4, -0.2) is 5.11 Å². The van der Waals surface area contributed by atoms with E-state index in [4.69, 9.17) is 28.9 Å². The van der Waals surface area contributed by atoms with Gasteiger partial charge in [-0.25, -0.2) is 0 Å². The highest BCUT2D eigenvalue weighted by molar-refractivity contribution is 7.10. The molecule has 0 unspecified atom stereocenters. The first-order chi connectivity index (χ1) is 7.59. The fraction of sp³-hybridized carbons (Fsp3) is 0.0909. The van der Waals surface area contributed by atoms with Gasteiger partial charge in [0.2, 0.25) is 0 Å². The third kappa shape index (κ3) is 2.18. The standard InChI is InChI=1S/C11H9Cl2NOS/c12-7-4-6(5-8(13)11(7)15)10(14)9-2-1-3-16-9/h1-5,10,15H,14H2/t10-/m1/s1. The second kappa shape index (κ2) is 4.63. The van der Waals surface area contributed by atoms with Gasteiger partial charge in [-0.2, -0.15) is 0 Å². The molecule has 84 valence electrons. The first-order valence-corrected chi connectivity index (χ1v) is 6.20. The van der Waals surface area contributed by atoms with Gasteiger partial charge in [-0.05, 0) is 29.1 Å². The Hall–Kier alpha value is -0.740. The van der Waals surface area contributed by atoms with Crippen LogP contribution in [0.4, 0.5) is 0 Å². The average Bonchev–Trinajstić information content (AvgIpc) is 2.77. The predicted octanol–water partition coefficient (Wildman–Crippen LogP) is 3.81. The second-order valence-electron chi connectivity index (χ2n) is 3.33. The van der Waals surface area contributed by atoms with Gasteiger partial charge in [0, 0.05) is 4.88 Å². The van der Waals surface area contributed by atoms with Crippen LogP contribution in [0.3, 0.4) is 0 Å². The van der Waals surface area contributed by atoms with E-state index < -0.39 is 0 Å². The van der Waals surface area contributed by atoms with Crippen molar-refractivity contribution >= 4 is 34.5 Å². The molecule has 16 heavy (non-hydrogen) atoms. The Labute approximate surface area is 107 Å². The molecule has 5 heteroatoms. The van der Waals surface area contributed by atoms with Crippen molar-refractivity contribution in [2.45, 2.75) is 6.04 Å². The number of benzene rings is 1. The summed E-state index contributed by atoms with van der Waals surface area (Å²) >= 11 is 13.2. The normalized spacial score (nSPS) is 12.7. The summed E-state index contributed by atoms with van der Waals surface area (Å²) in [5.41, 5.74) is 6.85. The van der Waals surface area contributed by atoms with Gasteiger partial charge in [0.15, 0.2) is 5.75 Å². The SMILES string of the molecule is N[C@H](c1cc(Cl)c(O)c(Cl)c1)c1cccs1. The van der Waals surface area contributed by atoms with Crippen molar-refractivity contribution in [3.63, 3.8) is 0 Å². The van der Waals surface area contributed by atoms with Crippen LogP contribution in [0.25, 0.3) is 0 Å². The lowest BCUT2D eigenvalue weighted by atomic mass is 10.1. The van der Waals surface area contributed by atoms with Gasteiger partial charge in [-0.3, -0.25) is 0 Å². The van der Waals surface area contributed by atoms with Crippen molar-refractivity contribution in [1.82, 2.24) is 0 Å². The molecule has 0 amide bonds. The minimum atomic E-state index is -0.268. The summed E-state index contributed by atoms with van der Waals surface area (Å²) in [6.07, 6.45) is 0. The van der Waals surface area contributed by atoms with Gasteiger partial charge >= 0.3 is 0 Å². The Bertz CT molecular complexity index is 476. The van der Waals surface area contributed by atoms with Crippen LogP contribution in [0, 0.1) is 0 Å². The molecular formula is C11H9Cl2NOS. The largest absolute Gasteiger partial charge is 0.505 e. The molecule has 1 heterocycles. The Kier molecular flexibility index (Phi) is 3.40. The molecule has 3 N–H and O–H groups in total. The lowest BCUT2D eigenvalue weighted by molar-refractivity contribution is 0.475. The van der Waals surface area contributed by atoms with Gasteiger partial charge in [0.05, 0.1) is 16.1 Å². The molecule has 0 saturated heterocycles. The van der Waals surface area contributed by atoms with Crippen molar-refractivity contribution in [1.29, 1.82) is 0 Å². The van der Waals surface area contributed by atoms with Crippen molar-refractivity contribution < 1.29 is 5.11 Å². The van der Waals surface area contributed by atoms with Crippen LogP contribution in [0.1, 0.15) is 16.5 Å². The van der Waals surface area contributed by atoms with Crippen LogP contribution in [0.5, 0.6) is 5.75 Å². The van der Waals surface area contributed by atoms with E-state index in [1.165, 1.54) is 0 Å². The number of hydrogen-bond donors (Lipinski definition) is 2. The fourth-order valence-electron chi connectivity index (χ4n) is 1.40. The second-order valence-corrected chi connectivity index (χ2v) is 5.12. The molecule has 0 spiro atoms. The van der Waals surface area contributed by atoms with Crippen LogP contribution in [-0.2, 0) is 0 Å². The third-order valence-corrected chi connectivity index (χ3v) is 3.78. The topological polar surface area (TPSA) is 46.2 Å². The molecule has 2 aromatic rings. The highest BCUT2D eigenvalue weighted by Crippen LogP contribution is 2.36. The smallest absolute Gasteiger partial charge is 0.152 e. The number of phenolic OH excluding ortho intramolecular Hbond substituents is 1. The molecular weight excluding hydrogens is 265 g/mol. The number of phenols is 1. The zero-order chi connectivity index (χ0) is 11.7. The fourth-order valence-corrected chi connectivity index (χ4v) is 2.66. The van der Waals surface area contributed by atoms with Crippen molar-refractivity contribution in [2.75, 3.05) is 0 Å². The van der Waals surface area contributed by atoms with E-state index >= 15 is 0 Å². The maximum absolute atomic E-state index is 9.44. The molecule has 2 nitrogen and oxygen atoms in total. The molecule has 1 aromatic carbocycles. The number of halogens is 2. The number of aromatic hydroxyl groups is 1. The number of rotatable bonds is 2. The lowest BCUT2D eigenvalue weighted by Gasteiger charge is -2.12. The number of hydrogen-bond acceptors (Lipinski definition) is 3. The predicted molar refractivity (Wildman–Crippen MR) is 68.5 cm³/mol. The van der Waals surface area contributed by atoms with Crippen molar-refractivity contribution in [3.8, 4) is 5.75 Å². The third-order valence-electron chi connectivity index (χ3n) is 2.25. The molecule has 0 bridgehead atoms. The minimum Gasteiger partial charge on any atom is -0.505 e. The summed E-state index contributed by atoms with van der Waals surface area (Å²) < 4.78 is 0. The zero-order valence-corrected chi connectivity index (χ0v) is 10.5. The highest BCUT2D eigenvalue weighted by Gasteiger charge is 2.14. The summed E-state index contributed by atoms with van der Waals surface area (Å²) in [6, 6.07) is 6.88. The van der Waals surface area contributed by atoms with Crippen molar-refractivity contribution in [2.24, 2.45) is 5.73 Å². The Morgan fingerprint density at radius 2 is 1.88 bits per heavy atom. The molecule has 0 aliphatic rings. The molecule has 2 rings (SSSR count). The van der Waals surface area contributed by atoms with Crippen LogP contribution in [0.15, 0.2) is 29.6 Å². The van der Waals surface area contributed by atoms with E-state index in [1.807, 2.05) is 17.5 Å². The van der Waals surface area contributed by atoms with E-state index in [-0.39, 0.29) is 21.8 Å². The van der Waals surface area contributed by atoms with E-state index in [9.17, 15) is 5.11 Å². The zero-order valence-electron chi connectivity index (χ0n) is 8.15. The summed E-state index contributed by atoms with van der Waals surface area (Å²) in [5, 5.41) is 11.8. The van der Waals surface area contributed by atoms with Crippen LogP contribution in [0.2, 0.25) is 10.0 Å². The quantitative estimate of drug-likeness (QED) is 0.874. The number of nitrogens with two attached hydrogens (primary N) is 1. The molecule has 1 aromatic heterocycles. The lowest BCUT2D eigenvalue weighted by Crippen LogP contribution is -2.10. The average molecular weight is 274 g/mol. The van der Waals surface area contributed by atoms with Gasteiger partial charge in [-0.15, -0.1) is 11.3 Å². The number of thiophene rings is 1. The summed E-state index contributed by atoms with van der Waals surface area (Å²) in [7, 11) is 0. The van der Waals surface area contributed by atoms with E-state index in [0.717, 1.165) is 10.4 Å². The van der Waals surface area contributed by atoms with Gasteiger partial charge in [0.25, 0.3) is 0 Å². The molecule has 0 radical (unpaired) electrons.